The first-order valence-corrected chi connectivity index (χ1v) is 4.93. The number of guanidine groups is 1. The molecule has 0 amide bonds. The molecule has 3 rings (SSSR count). The summed E-state index contributed by atoms with van der Waals surface area (Å²) >= 11 is 0. The number of hydrazone groups is 1. The molecule has 0 radical (unpaired) electrons. The van der Waals surface area contributed by atoms with E-state index in [0.717, 1.165) is 30.3 Å². The zero-order valence-corrected chi connectivity index (χ0v) is 8.17. The Hall–Kier alpha value is -1.97. The highest BCUT2D eigenvalue weighted by molar-refractivity contribution is 6.40. The Morgan fingerprint density at radius 2 is 2.00 bits per heavy atom. The minimum atomic E-state index is 0.733. The van der Waals surface area contributed by atoms with Gasteiger partial charge in [-0.2, -0.15) is 5.10 Å². The van der Waals surface area contributed by atoms with Gasteiger partial charge in [0.25, 0.3) is 0 Å². The van der Waals surface area contributed by atoms with Crippen LogP contribution in [0.1, 0.15) is 5.56 Å². The average Bonchev–Trinajstić information content (AvgIpc) is 2.77. The van der Waals surface area contributed by atoms with Crippen LogP contribution in [-0.2, 0) is 0 Å². The minimum Gasteiger partial charge on any atom is -0.248 e. The summed E-state index contributed by atoms with van der Waals surface area (Å²) in [6.45, 7) is 1.63. The summed E-state index contributed by atoms with van der Waals surface area (Å²) in [6, 6.07) is 10.0. The van der Waals surface area contributed by atoms with Crippen LogP contribution in [-0.4, -0.2) is 36.0 Å². The van der Waals surface area contributed by atoms with E-state index in [9.17, 15) is 0 Å². The molecule has 4 heteroatoms. The van der Waals surface area contributed by atoms with E-state index in [1.54, 1.807) is 6.21 Å². The average molecular weight is 198 g/mol. The largest absolute Gasteiger partial charge is 0.248 e. The second-order valence-corrected chi connectivity index (χ2v) is 3.41. The first kappa shape index (κ1) is 8.35. The molecule has 0 saturated carbocycles. The minimum absolute atomic E-state index is 0.733. The lowest BCUT2D eigenvalue weighted by atomic mass is 10.1. The zero-order chi connectivity index (χ0) is 10.1. The molecule has 0 unspecified atom stereocenters. The van der Waals surface area contributed by atoms with Gasteiger partial charge in [-0.1, -0.05) is 30.3 Å². The lowest BCUT2D eigenvalue weighted by Gasteiger charge is -2.15. The van der Waals surface area contributed by atoms with E-state index < -0.39 is 0 Å². The Bertz CT molecular complexity index is 459. The molecule has 1 aromatic carbocycles. The van der Waals surface area contributed by atoms with Gasteiger partial charge in [-0.05, 0) is 0 Å². The highest BCUT2D eigenvalue weighted by Crippen LogP contribution is 2.10. The van der Waals surface area contributed by atoms with Crippen LogP contribution in [0.2, 0.25) is 0 Å². The molecule has 15 heavy (non-hydrogen) atoms. The molecule has 0 saturated heterocycles. The fourth-order valence-electron chi connectivity index (χ4n) is 1.64. The molecule has 0 aliphatic carbocycles. The van der Waals surface area contributed by atoms with Crippen molar-refractivity contribution in [2.45, 2.75) is 0 Å². The van der Waals surface area contributed by atoms with Crippen molar-refractivity contribution in [1.29, 1.82) is 0 Å². The Labute approximate surface area is 87.7 Å². The van der Waals surface area contributed by atoms with Crippen molar-refractivity contribution in [3.63, 3.8) is 0 Å². The van der Waals surface area contributed by atoms with Gasteiger partial charge in [-0.25, -0.2) is 15.0 Å². The Balaban J connectivity index is 1.99. The summed E-state index contributed by atoms with van der Waals surface area (Å²) in [7, 11) is 0. The zero-order valence-electron chi connectivity index (χ0n) is 8.17. The summed E-state index contributed by atoms with van der Waals surface area (Å²) in [5.41, 5.74) is 1.96. The standard InChI is InChI=1S/C11H10N4/c1-2-4-9(5-3-1)10-8-13-15-7-6-12-11(15)14-10/h1-5,8H,6-7H2. The number of nitrogens with zero attached hydrogens (tertiary/aromatic N) is 4. The van der Waals surface area contributed by atoms with Crippen LogP contribution >= 0.6 is 0 Å². The lowest BCUT2D eigenvalue weighted by molar-refractivity contribution is 0.486. The van der Waals surface area contributed by atoms with Gasteiger partial charge in [0, 0.05) is 5.56 Å². The van der Waals surface area contributed by atoms with Gasteiger partial charge in [0.15, 0.2) is 0 Å². The predicted molar refractivity (Wildman–Crippen MR) is 60.5 cm³/mol. The highest BCUT2D eigenvalue weighted by atomic mass is 15.5. The van der Waals surface area contributed by atoms with Crippen LogP contribution < -0.4 is 0 Å². The molecule has 0 aromatic heterocycles. The van der Waals surface area contributed by atoms with Crippen LogP contribution in [0.3, 0.4) is 0 Å². The third-order valence-electron chi connectivity index (χ3n) is 2.41. The maximum atomic E-state index is 4.46. The van der Waals surface area contributed by atoms with Crippen molar-refractivity contribution in [2.24, 2.45) is 15.1 Å². The van der Waals surface area contributed by atoms with Crippen molar-refractivity contribution >= 4 is 17.9 Å². The predicted octanol–water partition coefficient (Wildman–Crippen LogP) is 1.15. The molecule has 0 spiro atoms. The van der Waals surface area contributed by atoms with E-state index >= 15 is 0 Å². The molecule has 2 aliphatic heterocycles. The van der Waals surface area contributed by atoms with Crippen LogP contribution in [0.15, 0.2) is 45.4 Å². The number of hydrogen-bond acceptors (Lipinski definition) is 4. The van der Waals surface area contributed by atoms with Gasteiger partial charge in [0.05, 0.1) is 25.0 Å². The Morgan fingerprint density at radius 1 is 1.13 bits per heavy atom. The number of benzene rings is 1. The highest BCUT2D eigenvalue weighted by Gasteiger charge is 2.19. The SMILES string of the molecule is C1=NN2CCN=C2N=C1c1ccccc1. The molecular formula is C11H10N4. The second kappa shape index (κ2) is 3.31. The van der Waals surface area contributed by atoms with E-state index in [2.05, 4.69) is 15.1 Å². The fourth-order valence-corrected chi connectivity index (χ4v) is 1.64. The topological polar surface area (TPSA) is 40.3 Å². The van der Waals surface area contributed by atoms with Crippen LogP contribution in [0.25, 0.3) is 0 Å². The molecule has 0 atom stereocenters. The van der Waals surface area contributed by atoms with E-state index in [1.807, 2.05) is 35.3 Å². The first-order chi connectivity index (χ1) is 7.43. The summed E-state index contributed by atoms with van der Waals surface area (Å²) in [5, 5.41) is 6.12. The quantitative estimate of drug-likeness (QED) is 0.667. The molecule has 0 N–H and O–H groups in total. The van der Waals surface area contributed by atoms with E-state index in [0.29, 0.717) is 0 Å². The van der Waals surface area contributed by atoms with Gasteiger partial charge in [0.1, 0.15) is 0 Å². The van der Waals surface area contributed by atoms with Crippen LogP contribution in [0.4, 0.5) is 0 Å². The number of hydrogen-bond donors (Lipinski definition) is 0. The maximum absolute atomic E-state index is 4.46. The molecule has 0 fully saturated rings. The molecule has 2 aliphatic rings. The van der Waals surface area contributed by atoms with Crippen molar-refractivity contribution in [1.82, 2.24) is 5.01 Å². The number of aliphatic imine (C=N–C) groups is 2. The Kier molecular flexibility index (Phi) is 1.84. The molecular weight excluding hydrogens is 188 g/mol. The molecule has 1 aromatic rings. The van der Waals surface area contributed by atoms with E-state index in [4.69, 9.17) is 0 Å². The van der Waals surface area contributed by atoms with Crippen molar-refractivity contribution in [2.75, 3.05) is 13.1 Å². The van der Waals surface area contributed by atoms with Crippen LogP contribution in [0.5, 0.6) is 0 Å². The summed E-state index contributed by atoms with van der Waals surface area (Å²) in [6.07, 6.45) is 1.79. The van der Waals surface area contributed by atoms with Crippen LogP contribution in [0, 0.1) is 0 Å². The summed E-state index contributed by atoms with van der Waals surface area (Å²) in [4.78, 5) is 8.73. The maximum Gasteiger partial charge on any atom is 0.242 e. The van der Waals surface area contributed by atoms with E-state index in [-0.39, 0.29) is 0 Å². The lowest BCUT2D eigenvalue weighted by Crippen LogP contribution is -2.27. The van der Waals surface area contributed by atoms with Crippen molar-refractivity contribution < 1.29 is 0 Å². The monoisotopic (exact) mass is 198 g/mol. The fraction of sp³-hybridized carbons (Fsp3) is 0.182. The van der Waals surface area contributed by atoms with Gasteiger partial charge >= 0.3 is 0 Å². The Morgan fingerprint density at radius 3 is 2.87 bits per heavy atom. The smallest absolute Gasteiger partial charge is 0.242 e. The van der Waals surface area contributed by atoms with Crippen molar-refractivity contribution in [3.05, 3.63) is 35.9 Å². The number of fused-ring (bicyclic) bond motifs is 1. The van der Waals surface area contributed by atoms with Gasteiger partial charge < -0.3 is 0 Å². The normalized spacial score (nSPS) is 18.5. The first-order valence-electron chi connectivity index (χ1n) is 4.93. The second-order valence-electron chi connectivity index (χ2n) is 3.41. The van der Waals surface area contributed by atoms with Gasteiger partial charge in [-0.3, -0.25) is 0 Å². The van der Waals surface area contributed by atoms with Crippen molar-refractivity contribution in [3.8, 4) is 0 Å². The molecule has 2 heterocycles. The van der Waals surface area contributed by atoms with Gasteiger partial charge in [0.2, 0.25) is 5.96 Å². The number of rotatable bonds is 1. The van der Waals surface area contributed by atoms with E-state index in [1.165, 1.54) is 0 Å². The summed E-state index contributed by atoms with van der Waals surface area (Å²) in [5.74, 6) is 0.733. The third kappa shape index (κ3) is 1.44. The summed E-state index contributed by atoms with van der Waals surface area (Å²) < 4.78 is 0. The van der Waals surface area contributed by atoms with Gasteiger partial charge in [-0.15, -0.1) is 0 Å². The third-order valence-corrected chi connectivity index (χ3v) is 2.41. The molecule has 0 bridgehead atoms. The molecule has 74 valence electrons. The molecule has 4 nitrogen and oxygen atoms in total.